The van der Waals surface area contributed by atoms with Gasteiger partial charge >= 0.3 is 0 Å². The van der Waals surface area contributed by atoms with Crippen LogP contribution in [-0.4, -0.2) is 14.9 Å². The van der Waals surface area contributed by atoms with Crippen LogP contribution in [0.5, 0.6) is 0 Å². The lowest BCUT2D eigenvalue weighted by atomic mass is 10.1. The van der Waals surface area contributed by atoms with Gasteiger partial charge in [0.25, 0.3) is 0 Å². The maximum absolute atomic E-state index is 5.43. The molecule has 0 saturated heterocycles. The van der Waals surface area contributed by atoms with Gasteiger partial charge in [0.2, 0.25) is 0 Å². The molecule has 0 amide bonds. The number of hydrogen-bond donors (Lipinski definition) is 2. The third-order valence-electron chi connectivity index (χ3n) is 3.75. The molecule has 1 aromatic carbocycles. The topological polar surface area (TPSA) is 41.9 Å². The smallest absolute Gasteiger partial charge is 0.171 e. The Labute approximate surface area is 137 Å². The molecule has 2 rings (SSSR count). The lowest BCUT2D eigenvalue weighted by molar-refractivity contribution is 0.651. The van der Waals surface area contributed by atoms with Crippen LogP contribution in [0.15, 0.2) is 24.4 Å². The predicted molar refractivity (Wildman–Crippen MR) is 96.3 cm³/mol. The number of thiocarbonyl (C=S) groups is 1. The van der Waals surface area contributed by atoms with Crippen LogP contribution in [-0.2, 0) is 6.54 Å². The van der Waals surface area contributed by atoms with Crippen LogP contribution in [0.1, 0.15) is 42.3 Å². The summed E-state index contributed by atoms with van der Waals surface area (Å²) in [4.78, 5) is 0. The fourth-order valence-electron chi connectivity index (χ4n) is 2.51. The first-order valence-corrected chi connectivity index (χ1v) is 8.00. The van der Waals surface area contributed by atoms with Gasteiger partial charge in [0.05, 0.1) is 11.7 Å². The van der Waals surface area contributed by atoms with Crippen molar-refractivity contribution in [2.45, 2.75) is 47.2 Å². The Morgan fingerprint density at radius 1 is 1.32 bits per heavy atom. The van der Waals surface area contributed by atoms with E-state index in [0.717, 1.165) is 17.9 Å². The minimum absolute atomic E-state index is 0.117. The molecule has 2 N–H and O–H groups in total. The zero-order chi connectivity index (χ0) is 16.3. The van der Waals surface area contributed by atoms with Gasteiger partial charge in [-0.25, -0.2) is 0 Å². The zero-order valence-electron chi connectivity index (χ0n) is 13.9. The van der Waals surface area contributed by atoms with E-state index >= 15 is 0 Å². The Morgan fingerprint density at radius 2 is 2.05 bits per heavy atom. The highest BCUT2D eigenvalue weighted by molar-refractivity contribution is 7.80. The molecule has 0 spiro atoms. The number of aromatic nitrogens is 2. The predicted octanol–water partition coefficient (Wildman–Crippen LogP) is 3.88. The SMILES string of the molecule is CCn1cc(C(C)NC(=S)Nc2ccc(C)cc2C)c(C)n1. The van der Waals surface area contributed by atoms with Crippen LogP contribution >= 0.6 is 12.2 Å². The molecule has 5 heteroatoms. The lowest BCUT2D eigenvalue weighted by Crippen LogP contribution is -2.31. The van der Waals surface area contributed by atoms with Gasteiger partial charge in [0.1, 0.15) is 0 Å². The molecule has 0 bridgehead atoms. The number of anilines is 1. The van der Waals surface area contributed by atoms with Gasteiger partial charge in [-0.1, -0.05) is 17.7 Å². The Morgan fingerprint density at radius 3 is 2.64 bits per heavy atom. The molecule has 4 nitrogen and oxygen atoms in total. The van der Waals surface area contributed by atoms with Gasteiger partial charge in [-0.3, -0.25) is 4.68 Å². The molecule has 0 aliphatic heterocycles. The molecule has 0 radical (unpaired) electrons. The van der Waals surface area contributed by atoms with Crippen molar-refractivity contribution in [3.8, 4) is 0 Å². The van der Waals surface area contributed by atoms with Gasteiger partial charge in [-0.05, 0) is 58.5 Å². The van der Waals surface area contributed by atoms with Crippen LogP contribution in [0.25, 0.3) is 0 Å². The third kappa shape index (κ3) is 3.85. The Hall–Kier alpha value is -1.88. The van der Waals surface area contributed by atoms with E-state index in [1.165, 1.54) is 16.7 Å². The van der Waals surface area contributed by atoms with Gasteiger partial charge in [-0.15, -0.1) is 0 Å². The lowest BCUT2D eigenvalue weighted by Gasteiger charge is -2.17. The third-order valence-corrected chi connectivity index (χ3v) is 3.97. The minimum Gasteiger partial charge on any atom is -0.356 e. The van der Waals surface area contributed by atoms with Crippen molar-refractivity contribution in [1.82, 2.24) is 15.1 Å². The molecule has 22 heavy (non-hydrogen) atoms. The largest absolute Gasteiger partial charge is 0.356 e. The molecule has 1 heterocycles. The van der Waals surface area contributed by atoms with E-state index in [0.29, 0.717) is 5.11 Å². The monoisotopic (exact) mass is 316 g/mol. The van der Waals surface area contributed by atoms with Crippen molar-refractivity contribution in [2.75, 3.05) is 5.32 Å². The average Bonchev–Trinajstić information content (AvgIpc) is 2.83. The second-order valence-electron chi connectivity index (χ2n) is 5.66. The normalized spacial score (nSPS) is 12.0. The van der Waals surface area contributed by atoms with Gasteiger partial charge in [0.15, 0.2) is 5.11 Å². The van der Waals surface area contributed by atoms with E-state index in [1.807, 2.05) is 11.6 Å². The molecule has 0 aliphatic rings. The summed E-state index contributed by atoms with van der Waals surface area (Å²) in [6.07, 6.45) is 2.08. The van der Waals surface area contributed by atoms with E-state index in [1.54, 1.807) is 0 Å². The maximum Gasteiger partial charge on any atom is 0.171 e. The molecule has 0 saturated carbocycles. The summed E-state index contributed by atoms with van der Waals surface area (Å²) >= 11 is 5.43. The fraction of sp³-hybridized carbons (Fsp3) is 0.412. The van der Waals surface area contributed by atoms with E-state index in [9.17, 15) is 0 Å². The molecule has 1 unspecified atom stereocenters. The van der Waals surface area contributed by atoms with Crippen LogP contribution in [0.3, 0.4) is 0 Å². The molecular weight excluding hydrogens is 292 g/mol. The Kier molecular flexibility index (Phi) is 5.19. The maximum atomic E-state index is 5.43. The number of aryl methyl sites for hydroxylation is 4. The first-order valence-electron chi connectivity index (χ1n) is 7.59. The standard InChI is InChI=1S/C17H24N4S/c1-6-21-10-15(14(5)20-21)13(4)18-17(22)19-16-8-7-11(2)9-12(16)3/h7-10,13H,6H2,1-5H3,(H2,18,19,22). The number of nitrogens with zero attached hydrogens (tertiary/aromatic N) is 2. The van der Waals surface area contributed by atoms with Crippen molar-refractivity contribution in [3.63, 3.8) is 0 Å². The van der Waals surface area contributed by atoms with Crippen LogP contribution in [0, 0.1) is 20.8 Å². The van der Waals surface area contributed by atoms with E-state index < -0.39 is 0 Å². The highest BCUT2D eigenvalue weighted by Gasteiger charge is 2.13. The molecule has 1 aromatic heterocycles. The van der Waals surface area contributed by atoms with Crippen molar-refractivity contribution >= 4 is 23.0 Å². The fourth-order valence-corrected chi connectivity index (χ4v) is 2.79. The molecule has 118 valence electrons. The molecule has 0 fully saturated rings. The van der Waals surface area contributed by atoms with Gasteiger partial charge in [0, 0.05) is 24.0 Å². The number of nitrogens with one attached hydrogen (secondary N) is 2. The van der Waals surface area contributed by atoms with E-state index in [2.05, 4.69) is 67.8 Å². The van der Waals surface area contributed by atoms with Crippen molar-refractivity contribution in [2.24, 2.45) is 0 Å². The Balaban J connectivity index is 2.03. The summed E-state index contributed by atoms with van der Waals surface area (Å²) in [7, 11) is 0. The van der Waals surface area contributed by atoms with Crippen LogP contribution in [0.4, 0.5) is 5.69 Å². The molecule has 2 aromatic rings. The number of benzene rings is 1. The first-order chi connectivity index (χ1) is 10.4. The summed E-state index contributed by atoms with van der Waals surface area (Å²) < 4.78 is 1.95. The summed E-state index contributed by atoms with van der Waals surface area (Å²) in [5.41, 5.74) is 5.68. The van der Waals surface area contributed by atoms with E-state index in [4.69, 9.17) is 12.2 Å². The molecule has 0 aliphatic carbocycles. The second kappa shape index (κ2) is 6.92. The summed E-state index contributed by atoms with van der Waals surface area (Å²) in [6, 6.07) is 6.40. The summed E-state index contributed by atoms with van der Waals surface area (Å²) in [5, 5.41) is 11.7. The van der Waals surface area contributed by atoms with Crippen molar-refractivity contribution in [1.29, 1.82) is 0 Å². The van der Waals surface area contributed by atoms with Crippen molar-refractivity contribution in [3.05, 3.63) is 46.8 Å². The minimum atomic E-state index is 0.117. The van der Waals surface area contributed by atoms with Crippen LogP contribution < -0.4 is 10.6 Å². The Bertz CT molecular complexity index is 675. The number of rotatable bonds is 4. The first kappa shape index (κ1) is 16.5. The second-order valence-corrected chi connectivity index (χ2v) is 6.07. The zero-order valence-corrected chi connectivity index (χ0v) is 14.7. The van der Waals surface area contributed by atoms with Gasteiger partial charge < -0.3 is 10.6 Å². The van der Waals surface area contributed by atoms with Gasteiger partial charge in [-0.2, -0.15) is 5.10 Å². The number of hydrogen-bond acceptors (Lipinski definition) is 2. The molecular formula is C17H24N4S. The average molecular weight is 316 g/mol. The van der Waals surface area contributed by atoms with Crippen molar-refractivity contribution < 1.29 is 0 Å². The molecule has 1 atom stereocenters. The van der Waals surface area contributed by atoms with Crippen LogP contribution in [0.2, 0.25) is 0 Å². The summed E-state index contributed by atoms with van der Waals surface area (Å²) in [5.74, 6) is 0. The van der Waals surface area contributed by atoms with E-state index in [-0.39, 0.29) is 6.04 Å². The quantitative estimate of drug-likeness (QED) is 0.840. The highest BCUT2D eigenvalue weighted by Crippen LogP contribution is 2.18. The highest BCUT2D eigenvalue weighted by atomic mass is 32.1. The summed E-state index contributed by atoms with van der Waals surface area (Å²) in [6.45, 7) is 11.3.